The Morgan fingerprint density at radius 1 is 1.30 bits per heavy atom. The van der Waals surface area contributed by atoms with Crippen LogP contribution < -0.4 is 0 Å². The Balaban J connectivity index is 1.92. The molecule has 0 bridgehead atoms. The fourth-order valence-electron chi connectivity index (χ4n) is 3.39. The minimum Gasteiger partial charge on any atom is -0.478 e. The molecule has 0 spiro atoms. The molecule has 20 heavy (non-hydrogen) atoms. The van der Waals surface area contributed by atoms with E-state index in [4.69, 9.17) is 5.11 Å². The third-order valence-electron chi connectivity index (χ3n) is 4.33. The first-order valence-corrected chi connectivity index (χ1v) is 9.16. The Labute approximate surface area is 122 Å². The second kappa shape index (κ2) is 5.13. The zero-order chi connectivity index (χ0) is 14.3. The number of carboxylic acids is 1. The lowest BCUT2D eigenvalue weighted by atomic mass is 9.94. The van der Waals surface area contributed by atoms with Crippen molar-refractivity contribution >= 4 is 27.3 Å². The number of rotatable bonds is 3. The van der Waals surface area contributed by atoms with E-state index >= 15 is 0 Å². The van der Waals surface area contributed by atoms with Crippen LogP contribution in [-0.4, -0.2) is 36.4 Å². The van der Waals surface area contributed by atoms with Gasteiger partial charge in [0.2, 0.25) is 0 Å². The predicted molar refractivity (Wildman–Crippen MR) is 75.5 cm³/mol. The standard InChI is InChI=1S/C13H17NO4S2/c15-13(16)10-7-12(19-8-10)20(17,18)14-6-2-4-9-3-1-5-11(9)14/h7-9,11H,1-6H2,(H,15,16). The van der Waals surface area contributed by atoms with Crippen molar-refractivity contribution in [3.05, 3.63) is 17.0 Å². The summed E-state index contributed by atoms with van der Waals surface area (Å²) < 4.78 is 27.2. The van der Waals surface area contributed by atoms with E-state index in [9.17, 15) is 13.2 Å². The molecule has 2 aliphatic rings. The van der Waals surface area contributed by atoms with Gasteiger partial charge in [-0.3, -0.25) is 0 Å². The summed E-state index contributed by atoms with van der Waals surface area (Å²) in [6, 6.07) is 1.39. The molecule has 5 nitrogen and oxygen atoms in total. The lowest BCUT2D eigenvalue weighted by Gasteiger charge is -2.36. The molecule has 2 heterocycles. The lowest BCUT2D eigenvalue weighted by Crippen LogP contribution is -2.45. The highest BCUT2D eigenvalue weighted by Gasteiger charge is 2.41. The van der Waals surface area contributed by atoms with Crippen molar-refractivity contribution in [2.45, 2.75) is 42.4 Å². The molecule has 2 unspecified atom stereocenters. The van der Waals surface area contributed by atoms with E-state index in [1.54, 1.807) is 4.31 Å². The fraction of sp³-hybridized carbons (Fsp3) is 0.615. The Morgan fingerprint density at radius 3 is 2.75 bits per heavy atom. The van der Waals surface area contributed by atoms with E-state index in [1.807, 2.05) is 0 Å². The van der Waals surface area contributed by atoms with Crippen LogP contribution in [0.4, 0.5) is 0 Å². The summed E-state index contributed by atoms with van der Waals surface area (Å²) in [7, 11) is -3.54. The lowest BCUT2D eigenvalue weighted by molar-refractivity contribution is 0.0697. The Kier molecular flexibility index (Phi) is 3.60. The zero-order valence-corrected chi connectivity index (χ0v) is 12.6. The average molecular weight is 315 g/mol. The van der Waals surface area contributed by atoms with Crippen molar-refractivity contribution in [2.75, 3.05) is 6.54 Å². The maximum atomic E-state index is 12.7. The van der Waals surface area contributed by atoms with Gasteiger partial charge in [0.25, 0.3) is 10.0 Å². The fourth-order valence-corrected chi connectivity index (χ4v) is 6.42. The molecule has 1 aliphatic heterocycles. The first-order valence-electron chi connectivity index (χ1n) is 6.84. The van der Waals surface area contributed by atoms with Gasteiger partial charge in [0.1, 0.15) is 4.21 Å². The first kappa shape index (κ1) is 14.0. The molecule has 0 amide bonds. The van der Waals surface area contributed by atoms with E-state index in [2.05, 4.69) is 0 Å². The SMILES string of the molecule is O=C(O)c1csc(S(=O)(=O)N2CCCC3CCCC32)c1. The van der Waals surface area contributed by atoms with E-state index in [1.165, 1.54) is 11.4 Å². The van der Waals surface area contributed by atoms with Crippen LogP contribution in [-0.2, 0) is 10.0 Å². The maximum absolute atomic E-state index is 12.7. The number of sulfonamides is 1. The van der Waals surface area contributed by atoms with E-state index in [0.717, 1.165) is 43.4 Å². The van der Waals surface area contributed by atoms with Crippen LogP contribution in [0.1, 0.15) is 42.5 Å². The number of carboxylic acid groups (broad SMARTS) is 1. The summed E-state index contributed by atoms with van der Waals surface area (Å²) in [5.41, 5.74) is 0.0496. The summed E-state index contributed by atoms with van der Waals surface area (Å²) in [6.07, 6.45) is 5.15. The van der Waals surface area contributed by atoms with Crippen molar-refractivity contribution in [1.82, 2.24) is 4.31 Å². The number of aromatic carboxylic acids is 1. The topological polar surface area (TPSA) is 74.7 Å². The Bertz CT molecular complexity index is 622. The highest BCUT2D eigenvalue weighted by Crippen LogP contribution is 2.40. The molecule has 0 aromatic carbocycles. The smallest absolute Gasteiger partial charge is 0.336 e. The van der Waals surface area contributed by atoms with Gasteiger partial charge in [-0.05, 0) is 37.7 Å². The molecule has 0 radical (unpaired) electrons. The molecule has 1 N–H and O–H groups in total. The number of hydrogen-bond donors (Lipinski definition) is 1. The van der Waals surface area contributed by atoms with Crippen LogP contribution in [0.25, 0.3) is 0 Å². The van der Waals surface area contributed by atoms with Gasteiger partial charge in [0, 0.05) is 18.0 Å². The van der Waals surface area contributed by atoms with Gasteiger partial charge in [0.15, 0.2) is 0 Å². The molecule has 1 aromatic heterocycles. The molecule has 1 aromatic rings. The van der Waals surface area contributed by atoms with E-state index in [0.29, 0.717) is 12.5 Å². The van der Waals surface area contributed by atoms with Crippen molar-refractivity contribution in [3.8, 4) is 0 Å². The molecule has 110 valence electrons. The zero-order valence-electron chi connectivity index (χ0n) is 11.0. The van der Waals surface area contributed by atoms with Crippen molar-refractivity contribution in [2.24, 2.45) is 5.92 Å². The minimum atomic E-state index is -3.54. The molecule has 2 fully saturated rings. The van der Waals surface area contributed by atoms with E-state index in [-0.39, 0.29) is 15.8 Å². The van der Waals surface area contributed by atoms with Crippen LogP contribution in [0.3, 0.4) is 0 Å². The summed E-state index contributed by atoms with van der Waals surface area (Å²) in [4.78, 5) is 10.9. The maximum Gasteiger partial charge on any atom is 0.336 e. The van der Waals surface area contributed by atoms with Gasteiger partial charge in [-0.2, -0.15) is 4.31 Å². The van der Waals surface area contributed by atoms with Crippen molar-refractivity contribution in [1.29, 1.82) is 0 Å². The summed E-state index contributed by atoms with van der Waals surface area (Å²) in [5, 5.41) is 10.3. The number of hydrogen-bond acceptors (Lipinski definition) is 4. The van der Waals surface area contributed by atoms with Crippen LogP contribution in [0, 0.1) is 5.92 Å². The van der Waals surface area contributed by atoms with Gasteiger partial charge in [-0.1, -0.05) is 6.42 Å². The monoisotopic (exact) mass is 315 g/mol. The van der Waals surface area contributed by atoms with Gasteiger partial charge in [-0.15, -0.1) is 11.3 Å². The van der Waals surface area contributed by atoms with Crippen LogP contribution in [0.5, 0.6) is 0 Å². The molecule has 1 saturated carbocycles. The molecule has 1 saturated heterocycles. The van der Waals surface area contributed by atoms with Crippen LogP contribution in [0.2, 0.25) is 0 Å². The van der Waals surface area contributed by atoms with Crippen LogP contribution >= 0.6 is 11.3 Å². The third kappa shape index (κ3) is 2.27. The first-order chi connectivity index (χ1) is 9.50. The number of thiophene rings is 1. The molecule has 1 aliphatic carbocycles. The molecule has 7 heteroatoms. The highest BCUT2D eigenvalue weighted by atomic mass is 32.2. The normalized spacial score (nSPS) is 27.4. The van der Waals surface area contributed by atoms with Gasteiger partial charge in [0.05, 0.1) is 5.56 Å². The minimum absolute atomic E-state index is 0.0496. The molecule has 3 rings (SSSR count). The largest absolute Gasteiger partial charge is 0.478 e. The highest BCUT2D eigenvalue weighted by molar-refractivity contribution is 7.91. The van der Waals surface area contributed by atoms with Gasteiger partial charge >= 0.3 is 5.97 Å². The van der Waals surface area contributed by atoms with E-state index < -0.39 is 16.0 Å². The third-order valence-corrected chi connectivity index (χ3v) is 7.67. The van der Waals surface area contributed by atoms with Gasteiger partial charge < -0.3 is 5.11 Å². The summed E-state index contributed by atoms with van der Waals surface area (Å²) >= 11 is 1.00. The van der Waals surface area contributed by atoms with Crippen molar-refractivity contribution in [3.63, 3.8) is 0 Å². The quantitative estimate of drug-likeness (QED) is 0.929. The number of fused-ring (bicyclic) bond motifs is 1. The second-order valence-corrected chi connectivity index (χ2v) is 8.50. The van der Waals surface area contributed by atoms with Gasteiger partial charge in [-0.25, -0.2) is 13.2 Å². The van der Waals surface area contributed by atoms with Crippen LogP contribution in [0.15, 0.2) is 15.7 Å². The number of carbonyl (C=O) groups is 1. The number of piperidine rings is 1. The Hall–Kier alpha value is -0.920. The summed E-state index contributed by atoms with van der Waals surface area (Å²) in [5.74, 6) is -0.600. The average Bonchev–Trinajstić information content (AvgIpc) is 3.07. The Morgan fingerprint density at radius 2 is 2.05 bits per heavy atom. The summed E-state index contributed by atoms with van der Waals surface area (Å²) in [6.45, 7) is 0.559. The second-order valence-electron chi connectivity index (χ2n) is 5.48. The number of nitrogens with zero attached hydrogens (tertiary/aromatic N) is 1. The molecular weight excluding hydrogens is 298 g/mol. The molecular formula is C13H17NO4S2. The predicted octanol–water partition coefficient (Wildman–Crippen LogP) is 2.40. The van der Waals surface area contributed by atoms with Crippen molar-refractivity contribution < 1.29 is 18.3 Å². The molecule has 2 atom stereocenters.